The Morgan fingerprint density at radius 3 is 2.14 bits per heavy atom. The number of rotatable bonds is 3. The number of cyclic esters (lactones) is 2. The Kier molecular flexibility index (Phi) is 4.63. The molecule has 1 heterocycles. The number of hydrogen-bond acceptors (Lipinski definition) is 6. The second-order valence-electron chi connectivity index (χ2n) is 4.72. The van der Waals surface area contributed by atoms with E-state index in [9.17, 15) is 9.59 Å². The van der Waals surface area contributed by atoms with Gasteiger partial charge in [-0.1, -0.05) is 15.9 Å². The number of nitrogens with one attached hydrogen (secondary N) is 1. The van der Waals surface area contributed by atoms with E-state index in [0.717, 1.165) is 10.2 Å². The van der Waals surface area contributed by atoms with Crippen LogP contribution < -0.4 is 5.32 Å². The fourth-order valence-electron chi connectivity index (χ4n) is 1.72. The topological polar surface area (TPSA) is 64.6 Å². The third-order valence-corrected chi connectivity index (χ3v) is 3.86. The normalized spacial score (nSPS) is 17.0. The van der Waals surface area contributed by atoms with Crippen LogP contribution in [0.15, 0.2) is 39.3 Å². The van der Waals surface area contributed by atoms with Crippen molar-refractivity contribution in [1.29, 1.82) is 0 Å². The lowest BCUT2D eigenvalue weighted by molar-refractivity contribution is -0.222. The van der Waals surface area contributed by atoms with E-state index in [2.05, 4.69) is 21.2 Å². The van der Waals surface area contributed by atoms with Gasteiger partial charge in [-0.2, -0.15) is 0 Å². The lowest BCUT2D eigenvalue weighted by atomic mass is 10.2. The van der Waals surface area contributed by atoms with Gasteiger partial charge in [0.25, 0.3) is 5.79 Å². The highest BCUT2D eigenvalue weighted by Crippen LogP contribution is 2.29. The first-order valence-corrected chi connectivity index (χ1v) is 8.12. The van der Waals surface area contributed by atoms with Gasteiger partial charge in [0.05, 0.1) is 5.03 Å². The SMILES string of the molecule is CSC(Nc1ccc(Br)cc1)=C1C(=O)OC(C)(C)OC1=O. The molecule has 1 saturated heterocycles. The van der Waals surface area contributed by atoms with E-state index < -0.39 is 17.7 Å². The number of benzene rings is 1. The predicted molar refractivity (Wildman–Crippen MR) is 84.6 cm³/mol. The van der Waals surface area contributed by atoms with Crippen LogP contribution >= 0.6 is 27.7 Å². The van der Waals surface area contributed by atoms with Crippen LogP contribution in [-0.2, 0) is 19.1 Å². The predicted octanol–water partition coefficient (Wildman–Crippen LogP) is 3.27. The monoisotopic (exact) mass is 371 g/mol. The number of thioether (sulfide) groups is 1. The van der Waals surface area contributed by atoms with E-state index in [4.69, 9.17) is 9.47 Å². The molecule has 0 aromatic heterocycles. The fraction of sp³-hybridized carbons (Fsp3) is 0.286. The molecule has 7 heteroatoms. The summed E-state index contributed by atoms with van der Waals surface area (Å²) in [5.41, 5.74) is 0.630. The van der Waals surface area contributed by atoms with Crippen LogP contribution in [0.3, 0.4) is 0 Å². The summed E-state index contributed by atoms with van der Waals surface area (Å²) in [5, 5.41) is 3.43. The van der Waals surface area contributed by atoms with Crippen molar-refractivity contribution >= 4 is 45.3 Å². The Morgan fingerprint density at radius 1 is 1.14 bits per heavy atom. The molecular weight excluding hydrogens is 358 g/mol. The number of halogens is 1. The minimum absolute atomic E-state index is 0.121. The molecule has 1 N–H and O–H groups in total. The molecule has 1 fully saturated rings. The van der Waals surface area contributed by atoms with Gasteiger partial charge in [-0.25, -0.2) is 9.59 Å². The van der Waals surface area contributed by atoms with Gasteiger partial charge in [0, 0.05) is 24.0 Å². The van der Waals surface area contributed by atoms with Crippen molar-refractivity contribution in [3.05, 3.63) is 39.3 Å². The van der Waals surface area contributed by atoms with E-state index in [-0.39, 0.29) is 5.57 Å². The van der Waals surface area contributed by atoms with Crippen LogP contribution in [0.25, 0.3) is 0 Å². The van der Waals surface area contributed by atoms with E-state index >= 15 is 0 Å². The van der Waals surface area contributed by atoms with Gasteiger partial charge in [0.15, 0.2) is 5.57 Å². The molecule has 0 aliphatic carbocycles. The maximum absolute atomic E-state index is 12.0. The van der Waals surface area contributed by atoms with Gasteiger partial charge in [-0.05, 0) is 30.5 Å². The standard InChI is InChI=1S/C14H14BrNO4S/c1-14(2)19-12(17)10(13(18)20-14)11(21-3)16-9-6-4-8(15)5-7-9/h4-7,16H,1-3H3. The minimum atomic E-state index is -1.24. The number of carbonyl (C=O) groups is 2. The Bertz CT molecular complexity index is 588. The molecule has 5 nitrogen and oxygen atoms in total. The summed E-state index contributed by atoms with van der Waals surface area (Å²) in [6, 6.07) is 7.35. The zero-order valence-electron chi connectivity index (χ0n) is 11.7. The Balaban J connectivity index is 2.32. The molecule has 0 saturated carbocycles. The number of esters is 2. The largest absolute Gasteiger partial charge is 0.419 e. The quantitative estimate of drug-likeness (QED) is 0.499. The first-order chi connectivity index (χ1) is 9.82. The highest BCUT2D eigenvalue weighted by Gasteiger charge is 2.41. The lowest BCUT2D eigenvalue weighted by Crippen LogP contribution is -2.42. The van der Waals surface area contributed by atoms with Crippen molar-refractivity contribution in [2.24, 2.45) is 0 Å². The van der Waals surface area contributed by atoms with Crippen molar-refractivity contribution in [2.45, 2.75) is 19.6 Å². The molecule has 1 aromatic rings. The molecule has 21 heavy (non-hydrogen) atoms. The summed E-state index contributed by atoms with van der Waals surface area (Å²) in [7, 11) is 0. The van der Waals surface area contributed by atoms with Crippen LogP contribution in [0.1, 0.15) is 13.8 Å². The third-order valence-electron chi connectivity index (χ3n) is 2.62. The molecule has 0 bridgehead atoms. The molecule has 0 atom stereocenters. The second kappa shape index (κ2) is 6.11. The van der Waals surface area contributed by atoms with Crippen LogP contribution in [0.4, 0.5) is 5.69 Å². The summed E-state index contributed by atoms with van der Waals surface area (Å²) >= 11 is 4.58. The summed E-state index contributed by atoms with van der Waals surface area (Å²) in [6.45, 7) is 3.03. The van der Waals surface area contributed by atoms with E-state index in [1.807, 2.05) is 24.3 Å². The third kappa shape index (κ3) is 3.79. The van der Waals surface area contributed by atoms with Crippen LogP contribution in [0.5, 0.6) is 0 Å². The molecule has 0 spiro atoms. The molecule has 0 amide bonds. The Morgan fingerprint density at radius 2 is 1.67 bits per heavy atom. The molecule has 1 aromatic carbocycles. The first kappa shape index (κ1) is 15.9. The van der Waals surface area contributed by atoms with E-state index in [1.165, 1.54) is 25.6 Å². The van der Waals surface area contributed by atoms with Crippen LogP contribution in [-0.4, -0.2) is 24.0 Å². The van der Waals surface area contributed by atoms with Gasteiger partial charge in [-0.15, -0.1) is 11.8 Å². The summed E-state index contributed by atoms with van der Waals surface area (Å²) in [6.07, 6.45) is 1.76. The van der Waals surface area contributed by atoms with Crippen molar-refractivity contribution in [1.82, 2.24) is 0 Å². The molecule has 0 unspecified atom stereocenters. The maximum Gasteiger partial charge on any atom is 0.351 e. The van der Waals surface area contributed by atoms with Gasteiger partial charge >= 0.3 is 11.9 Å². The van der Waals surface area contributed by atoms with Crippen LogP contribution in [0, 0.1) is 0 Å². The molecule has 2 rings (SSSR count). The number of ether oxygens (including phenoxy) is 2. The molecule has 1 aliphatic heterocycles. The zero-order valence-corrected chi connectivity index (χ0v) is 14.1. The van der Waals surface area contributed by atoms with Gasteiger partial charge < -0.3 is 14.8 Å². The highest BCUT2D eigenvalue weighted by molar-refractivity contribution is 9.10. The first-order valence-electron chi connectivity index (χ1n) is 6.10. The van der Waals surface area contributed by atoms with E-state index in [0.29, 0.717) is 5.03 Å². The number of anilines is 1. The van der Waals surface area contributed by atoms with Gasteiger partial charge in [0.2, 0.25) is 0 Å². The Labute approximate surface area is 135 Å². The average molecular weight is 372 g/mol. The van der Waals surface area contributed by atoms with Crippen molar-refractivity contribution in [3.8, 4) is 0 Å². The fourth-order valence-corrected chi connectivity index (χ4v) is 2.57. The zero-order chi connectivity index (χ0) is 15.6. The highest BCUT2D eigenvalue weighted by atomic mass is 79.9. The Hall–Kier alpha value is -1.47. The summed E-state index contributed by atoms with van der Waals surface area (Å²) < 4.78 is 11.1. The maximum atomic E-state index is 12.0. The average Bonchev–Trinajstić information content (AvgIpc) is 2.37. The summed E-state index contributed by atoms with van der Waals surface area (Å²) in [4.78, 5) is 24.0. The van der Waals surface area contributed by atoms with E-state index in [1.54, 1.807) is 6.26 Å². The molecular formula is C14H14BrNO4S. The molecule has 1 aliphatic rings. The lowest BCUT2D eigenvalue weighted by Gasteiger charge is -2.30. The minimum Gasteiger partial charge on any atom is -0.419 e. The molecule has 0 radical (unpaired) electrons. The number of carbonyl (C=O) groups excluding carboxylic acids is 2. The second-order valence-corrected chi connectivity index (χ2v) is 6.45. The van der Waals surface area contributed by atoms with Crippen LogP contribution in [0.2, 0.25) is 0 Å². The smallest absolute Gasteiger partial charge is 0.351 e. The van der Waals surface area contributed by atoms with Gasteiger partial charge in [-0.3, -0.25) is 0 Å². The van der Waals surface area contributed by atoms with Gasteiger partial charge in [0.1, 0.15) is 0 Å². The number of hydrogen-bond donors (Lipinski definition) is 1. The van der Waals surface area contributed by atoms with Crippen molar-refractivity contribution in [2.75, 3.05) is 11.6 Å². The van der Waals surface area contributed by atoms with Crippen molar-refractivity contribution in [3.63, 3.8) is 0 Å². The summed E-state index contributed by atoms with van der Waals surface area (Å²) in [5.74, 6) is -2.62. The molecule has 112 valence electrons. The van der Waals surface area contributed by atoms with Crippen molar-refractivity contribution < 1.29 is 19.1 Å².